The number of rotatable bonds is 12. The van der Waals surface area contributed by atoms with Crippen LogP contribution >= 0.6 is 127 Å². The van der Waals surface area contributed by atoms with Crippen LogP contribution in [-0.2, 0) is 0 Å². The van der Waals surface area contributed by atoms with E-state index in [1.165, 1.54) is 11.1 Å². The van der Waals surface area contributed by atoms with Gasteiger partial charge in [-0.05, 0) is 53.4 Å². The minimum absolute atomic E-state index is 0.166. The van der Waals surface area contributed by atoms with E-state index in [1.807, 2.05) is 0 Å². The Hall–Kier alpha value is 3.32. The van der Waals surface area contributed by atoms with Crippen molar-refractivity contribution >= 4 is 127 Å². The van der Waals surface area contributed by atoms with Crippen molar-refractivity contribution in [2.75, 3.05) is 21.3 Å². The number of allylic oxidation sites excluding steroid dienone is 4. The molecule has 0 aromatic carbocycles. The summed E-state index contributed by atoms with van der Waals surface area (Å²) < 4.78 is 0.331. The molecule has 0 heterocycles. The van der Waals surface area contributed by atoms with Gasteiger partial charge in [0, 0.05) is 39.6 Å². The summed E-state index contributed by atoms with van der Waals surface area (Å²) >= 11 is 28.6. The predicted octanol–water partition coefficient (Wildman–Crippen LogP) is 10.8. The second-order valence-corrected chi connectivity index (χ2v) is 16.2. The van der Waals surface area contributed by atoms with Crippen LogP contribution in [-0.4, -0.2) is 39.6 Å². The van der Waals surface area contributed by atoms with Gasteiger partial charge in [0.2, 0.25) is 0 Å². The van der Waals surface area contributed by atoms with Gasteiger partial charge in [-0.25, -0.2) is 0 Å². The first-order valence-corrected chi connectivity index (χ1v) is 17.0. The molecule has 0 nitrogen and oxygen atoms in total. The summed E-state index contributed by atoms with van der Waals surface area (Å²) in [5, 5.41) is 3.83. The lowest BCUT2D eigenvalue weighted by molar-refractivity contribution is 0.637. The van der Waals surface area contributed by atoms with Crippen molar-refractivity contribution < 1.29 is 0 Å². The standard InChI is InChI=1S/2C10H16Br4/c2*1-10(2,14)9(13)4-3-8(7-12)5-6-11/h2*5,9H,3-4,6-7H2,1-2H3. The summed E-state index contributed by atoms with van der Waals surface area (Å²) in [6.07, 6.45) is 9.06. The van der Waals surface area contributed by atoms with E-state index in [0.29, 0.717) is 9.65 Å². The third-order valence-electron chi connectivity index (χ3n) is 4.00. The first-order valence-electron chi connectivity index (χ1n) is 9.09. The maximum atomic E-state index is 3.71. The van der Waals surface area contributed by atoms with Gasteiger partial charge in [0.1, 0.15) is 0 Å². The highest BCUT2D eigenvalue weighted by Crippen LogP contribution is 2.32. The molecular weight excluding hydrogens is 879 g/mol. The van der Waals surface area contributed by atoms with Gasteiger partial charge in [-0.2, -0.15) is 0 Å². The fraction of sp³-hybridized carbons (Fsp3) is 0.800. The Morgan fingerprint density at radius 2 is 0.964 bits per heavy atom. The average molecular weight is 912 g/mol. The lowest BCUT2D eigenvalue weighted by atomic mass is 10.0. The van der Waals surface area contributed by atoms with Crippen LogP contribution in [0.25, 0.3) is 0 Å². The van der Waals surface area contributed by atoms with Crippen molar-refractivity contribution in [1.29, 1.82) is 0 Å². The van der Waals surface area contributed by atoms with E-state index < -0.39 is 0 Å². The number of hydrogen-bond donors (Lipinski definition) is 0. The van der Waals surface area contributed by atoms with Crippen LogP contribution in [0.5, 0.6) is 0 Å². The number of hydrogen-bond acceptors (Lipinski definition) is 0. The molecule has 0 fully saturated rings. The van der Waals surface area contributed by atoms with Gasteiger partial charge in [-0.1, -0.05) is 151 Å². The van der Waals surface area contributed by atoms with Crippen LogP contribution in [0.2, 0.25) is 0 Å². The van der Waals surface area contributed by atoms with Gasteiger partial charge in [0.25, 0.3) is 0 Å². The lowest BCUT2D eigenvalue weighted by Gasteiger charge is -2.23. The van der Waals surface area contributed by atoms with Gasteiger partial charge < -0.3 is 0 Å². The maximum absolute atomic E-state index is 3.71. The number of halogens is 8. The summed E-state index contributed by atoms with van der Waals surface area (Å²) in [7, 11) is 0. The Bertz CT molecular complexity index is 404. The van der Waals surface area contributed by atoms with Crippen molar-refractivity contribution in [2.24, 2.45) is 0 Å². The topological polar surface area (TPSA) is 0 Å². The summed E-state index contributed by atoms with van der Waals surface area (Å²) in [4.78, 5) is 1.01. The molecule has 168 valence electrons. The summed E-state index contributed by atoms with van der Waals surface area (Å²) in [6, 6.07) is 0. The molecular formula is C20H32Br8. The third-order valence-corrected chi connectivity index (χ3v) is 11.6. The molecule has 0 spiro atoms. The largest absolute Gasteiger partial charge is 0.0883 e. The smallest absolute Gasteiger partial charge is 0.0326 e. The normalized spacial score (nSPS) is 15.7. The molecule has 0 saturated carbocycles. The highest BCUT2D eigenvalue weighted by Gasteiger charge is 2.24. The second kappa shape index (κ2) is 18.7. The molecule has 2 unspecified atom stereocenters. The molecule has 0 amide bonds. The molecule has 2 atom stereocenters. The molecule has 0 aliphatic carbocycles. The van der Waals surface area contributed by atoms with Gasteiger partial charge in [-0.3, -0.25) is 0 Å². The Kier molecular flexibility index (Phi) is 22.4. The molecule has 0 N–H and O–H groups in total. The van der Waals surface area contributed by atoms with E-state index in [4.69, 9.17) is 0 Å². The molecule has 0 saturated heterocycles. The number of alkyl halides is 8. The fourth-order valence-corrected chi connectivity index (χ4v) is 4.83. The van der Waals surface area contributed by atoms with Crippen LogP contribution in [0, 0.1) is 0 Å². The zero-order valence-corrected chi connectivity index (χ0v) is 29.7. The van der Waals surface area contributed by atoms with Crippen molar-refractivity contribution in [3.8, 4) is 0 Å². The van der Waals surface area contributed by atoms with Crippen LogP contribution in [0.1, 0.15) is 53.4 Å². The van der Waals surface area contributed by atoms with E-state index in [0.717, 1.165) is 47.0 Å². The van der Waals surface area contributed by atoms with Crippen molar-refractivity contribution in [2.45, 2.75) is 71.7 Å². The van der Waals surface area contributed by atoms with Crippen molar-refractivity contribution in [3.63, 3.8) is 0 Å². The lowest BCUT2D eigenvalue weighted by Crippen LogP contribution is -2.24. The molecule has 0 aliphatic rings. The molecule has 28 heavy (non-hydrogen) atoms. The fourth-order valence-electron chi connectivity index (χ4n) is 1.98. The van der Waals surface area contributed by atoms with Crippen molar-refractivity contribution in [3.05, 3.63) is 23.3 Å². The Balaban J connectivity index is 0. The summed E-state index contributed by atoms with van der Waals surface area (Å²) in [5.74, 6) is 0. The van der Waals surface area contributed by atoms with E-state index in [-0.39, 0.29) is 8.65 Å². The van der Waals surface area contributed by atoms with Gasteiger partial charge in [0.05, 0.1) is 0 Å². The Labute approximate surface area is 240 Å². The average Bonchev–Trinajstić information content (AvgIpc) is 2.60. The predicted molar refractivity (Wildman–Crippen MR) is 161 cm³/mol. The molecule has 0 radical (unpaired) electrons. The van der Waals surface area contributed by atoms with Gasteiger partial charge >= 0.3 is 0 Å². The van der Waals surface area contributed by atoms with Crippen LogP contribution < -0.4 is 0 Å². The quantitative estimate of drug-likeness (QED) is 0.135. The Morgan fingerprint density at radius 1 is 0.679 bits per heavy atom. The summed E-state index contributed by atoms with van der Waals surface area (Å²) in [5.41, 5.74) is 2.92. The minimum atomic E-state index is 0.166. The third kappa shape index (κ3) is 18.8. The highest BCUT2D eigenvalue weighted by atomic mass is 79.9. The van der Waals surface area contributed by atoms with Crippen LogP contribution in [0.4, 0.5) is 0 Å². The second-order valence-electron chi connectivity index (χ2n) is 7.44. The van der Waals surface area contributed by atoms with E-state index in [1.54, 1.807) is 0 Å². The van der Waals surface area contributed by atoms with E-state index >= 15 is 0 Å². The van der Waals surface area contributed by atoms with Gasteiger partial charge in [0.15, 0.2) is 0 Å². The molecule has 0 rings (SSSR count). The van der Waals surface area contributed by atoms with Gasteiger partial charge in [-0.15, -0.1) is 0 Å². The SMILES string of the molecule is CC(C)(Br)C(Br)CCC(=CCBr)CBr.CC(C)(Br)C(Br)CCC(=CCBr)CBr. The zero-order valence-electron chi connectivity index (χ0n) is 17.0. The van der Waals surface area contributed by atoms with E-state index in [9.17, 15) is 0 Å². The molecule has 0 aromatic rings. The monoisotopic (exact) mass is 904 g/mol. The van der Waals surface area contributed by atoms with E-state index in [2.05, 4.69) is 167 Å². The molecule has 8 heteroatoms. The first-order chi connectivity index (χ1) is 12.8. The summed E-state index contributed by atoms with van der Waals surface area (Å²) in [6.45, 7) is 8.76. The van der Waals surface area contributed by atoms with Crippen molar-refractivity contribution in [1.82, 2.24) is 0 Å². The van der Waals surface area contributed by atoms with Crippen LogP contribution in [0.3, 0.4) is 0 Å². The highest BCUT2D eigenvalue weighted by molar-refractivity contribution is 9.13. The van der Waals surface area contributed by atoms with Crippen LogP contribution in [0.15, 0.2) is 23.3 Å². The molecule has 0 bridgehead atoms. The zero-order chi connectivity index (χ0) is 22.4. The first kappa shape index (κ1) is 33.5. The Morgan fingerprint density at radius 3 is 1.14 bits per heavy atom. The maximum Gasteiger partial charge on any atom is 0.0326 e. The molecule has 0 aliphatic heterocycles. The minimum Gasteiger partial charge on any atom is -0.0883 e. The molecule has 0 aromatic heterocycles.